The normalized spacial score (nSPS) is 18.3. The molecule has 0 aromatic heterocycles. The summed E-state index contributed by atoms with van der Waals surface area (Å²) in [6.45, 7) is 0. The molecule has 0 saturated heterocycles. The standard InChI is InChI=1S/Cu.5O. The second kappa shape index (κ2) is 0.618. The van der Waals surface area contributed by atoms with Gasteiger partial charge < -0.3 is 0 Å². The summed E-state index contributed by atoms with van der Waals surface area (Å²) in [6.07, 6.45) is 0. The fraction of sp³-hybridized carbons (Fsp3) is 0. The second-order valence-electron chi connectivity index (χ2n) is 0.503. The molecule has 0 spiro atoms. The first-order valence-corrected chi connectivity index (χ1v) is 2.54. The molecule has 0 unspecified atom stereocenters. The zero-order valence-corrected chi connectivity index (χ0v) is 3.28. The summed E-state index contributed by atoms with van der Waals surface area (Å²) < 4.78 is 42.8. The van der Waals surface area contributed by atoms with Crippen LogP contribution >= 0.6 is 0 Å². The summed E-state index contributed by atoms with van der Waals surface area (Å²) in [6, 6.07) is 0. The first-order chi connectivity index (χ1) is 2.24. The van der Waals surface area contributed by atoms with Crippen molar-refractivity contribution >= 4 is 0 Å². The summed E-state index contributed by atoms with van der Waals surface area (Å²) in [4.78, 5) is 0. The van der Waals surface area contributed by atoms with Crippen molar-refractivity contribution in [3.05, 3.63) is 0 Å². The van der Waals surface area contributed by atoms with E-state index in [4.69, 9.17) is 19.2 Å². The Labute approximate surface area is 31.5 Å². The molecule has 0 aromatic rings. The molecule has 41 valence electrons. The quantitative estimate of drug-likeness (QED) is 0.423. The van der Waals surface area contributed by atoms with Gasteiger partial charge in [0.1, 0.15) is 0 Å². The van der Waals surface area contributed by atoms with Crippen LogP contribution in [-0.2, 0) is 30.6 Å². The van der Waals surface area contributed by atoms with Gasteiger partial charge in [-0.15, -0.1) is 0 Å². The molecule has 0 amide bonds. The molecule has 0 fully saturated rings. The van der Waals surface area contributed by atoms with E-state index in [1.807, 2.05) is 0 Å². The molecule has 6 heavy (non-hydrogen) atoms. The first kappa shape index (κ1) is 5.52. The monoisotopic (exact) mass is 143 g/mol. The van der Waals surface area contributed by atoms with Crippen molar-refractivity contribution in [1.82, 2.24) is 0 Å². The SMILES string of the molecule is [O]=[Cu](=[O])(=[O])(=[O])=[O]. The maximum atomic E-state index is 8.56. The molecule has 0 rings (SSSR count). The predicted molar refractivity (Wildman–Crippen MR) is 3.43 cm³/mol. The molecule has 0 aliphatic carbocycles. The second-order valence-corrected chi connectivity index (χ2v) is 2.07. The van der Waals surface area contributed by atoms with Gasteiger partial charge in [-0.2, -0.15) is 0 Å². The zero-order valence-electron chi connectivity index (χ0n) is 2.34. The minimum absolute atomic E-state index is 7.06. The van der Waals surface area contributed by atoms with Gasteiger partial charge in [0.25, 0.3) is 0 Å². The van der Waals surface area contributed by atoms with Crippen LogP contribution in [0.25, 0.3) is 0 Å². The van der Waals surface area contributed by atoms with Gasteiger partial charge in [-0.05, 0) is 0 Å². The van der Waals surface area contributed by atoms with Crippen molar-refractivity contribution in [3.63, 3.8) is 0 Å². The molecule has 0 aliphatic rings. The van der Waals surface area contributed by atoms with Crippen molar-refractivity contribution in [3.8, 4) is 0 Å². The van der Waals surface area contributed by atoms with Gasteiger partial charge in [0.15, 0.2) is 0 Å². The van der Waals surface area contributed by atoms with Crippen molar-refractivity contribution in [1.29, 1.82) is 0 Å². The first-order valence-electron chi connectivity index (χ1n) is 0.615. The Morgan fingerprint density at radius 1 is 0.667 bits per heavy atom. The van der Waals surface area contributed by atoms with E-state index in [1.54, 1.807) is 0 Å². The van der Waals surface area contributed by atoms with Gasteiger partial charge in [-0.1, -0.05) is 0 Å². The Balaban J connectivity index is 7.45. The Morgan fingerprint density at radius 3 is 0.667 bits per heavy atom. The Bertz CT molecular complexity index is 274. The fourth-order valence-electron chi connectivity index (χ4n) is 0. The third-order valence-corrected chi connectivity index (χ3v) is 0. The van der Waals surface area contributed by atoms with E-state index in [9.17, 15) is 0 Å². The van der Waals surface area contributed by atoms with Gasteiger partial charge in [0, 0.05) is 0 Å². The Hall–Kier alpha value is -0.481. The fourth-order valence-corrected chi connectivity index (χ4v) is 0. The van der Waals surface area contributed by atoms with Crippen LogP contribution in [0.3, 0.4) is 0 Å². The van der Waals surface area contributed by atoms with E-state index in [2.05, 4.69) is 0 Å². The van der Waals surface area contributed by atoms with Gasteiger partial charge in [0.05, 0.1) is 0 Å². The molecule has 0 N–H and O–H groups in total. The van der Waals surface area contributed by atoms with Crippen LogP contribution < -0.4 is 0 Å². The molecule has 0 radical (unpaired) electrons. The number of hydrogen-bond acceptors (Lipinski definition) is 5. The average molecular weight is 144 g/mol. The van der Waals surface area contributed by atoms with E-state index in [-0.39, 0.29) is 0 Å². The Morgan fingerprint density at radius 2 is 0.667 bits per heavy atom. The van der Waals surface area contributed by atoms with Gasteiger partial charge in [-0.25, -0.2) is 0 Å². The van der Waals surface area contributed by atoms with Gasteiger partial charge >= 0.3 is 30.6 Å². The molecular weight excluding hydrogens is 144 g/mol. The Kier molecular flexibility index (Phi) is 0.568. The summed E-state index contributed by atoms with van der Waals surface area (Å²) in [5.74, 6) is 0. The molecular formula is CuO5. The van der Waals surface area contributed by atoms with Crippen LogP contribution in [0.4, 0.5) is 0 Å². The third kappa shape index (κ3) is 96.8. The maximum absolute atomic E-state index is 8.56. The average Bonchev–Trinajstić information content (AvgIpc) is 0.650. The molecule has 0 heterocycles. The van der Waals surface area contributed by atoms with Crippen LogP contribution in [0.1, 0.15) is 0 Å². The molecule has 6 heteroatoms. The summed E-state index contributed by atoms with van der Waals surface area (Å²) in [5, 5.41) is 0. The molecule has 0 bridgehead atoms. The molecule has 0 saturated carbocycles. The van der Waals surface area contributed by atoms with Crippen LogP contribution in [0.2, 0.25) is 0 Å². The molecule has 0 atom stereocenters. The zero-order chi connectivity index (χ0) is 5.45. The van der Waals surface area contributed by atoms with E-state index < -0.39 is 11.4 Å². The van der Waals surface area contributed by atoms with E-state index in [0.717, 1.165) is 0 Å². The number of rotatable bonds is 0. The summed E-state index contributed by atoms with van der Waals surface area (Å²) in [7, 11) is 0. The van der Waals surface area contributed by atoms with Crippen LogP contribution in [-0.4, -0.2) is 0 Å². The van der Waals surface area contributed by atoms with Crippen molar-refractivity contribution < 1.29 is 30.6 Å². The summed E-state index contributed by atoms with van der Waals surface area (Å²) >= 11 is -7.06. The topological polar surface area (TPSA) is 85.3 Å². The summed E-state index contributed by atoms with van der Waals surface area (Å²) in [5.41, 5.74) is 0. The molecule has 0 aromatic carbocycles. The van der Waals surface area contributed by atoms with E-state index in [0.29, 0.717) is 0 Å². The van der Waals surface area contributed by atoms with Crippen LogP contribution in [0, 0.1) is 0 Å². The molecule has 0 aliphatic heterocycles. The van der Waals surface area contributed by atoms with Crippen molar-refractivity contribution in [2.75, 3.05) is 0 Å². The molecule has 5 nitrogen and oxygen atoms in total. The third-order valence-electron chi connectivity index (χ3n) is 0. The van der Waals surface area contributed by atoms with Crippen molar-refractivity contribution in [2.24, 2.45) is 0 Å². The van der Waals surface area contributed by atoms with Crippen molar-refractivity contribution in [2.45, 2.75) is 0 Å². The number of hydrogen-bond donors (Lipinski definition) is 0. The van der Waals surface area contributed by atoms with Crippen LogP contribution in [0.5, 0.6) is 0 Å². The van der Waals surface area contributed by atoms with E-state index >= 15 is 0 Å². The van der Waals surface area contributed by atoms with Gasteiger partial charge in [0.2, 0.25) is 0 Å². The van der Waals surface area contributed by atoms with Crippen LogP contribution in [0.15, 0.2) is 0 Å². The predicted octanol–water partition coefficient (Wildman–Crippen LogP) is -0.597. The van der Waals surface area contributed by atoms with E-state index in [1.165, 1.54) is 0 Å². The van der Waals surface area contributed by atoms with Gasteiger partial charge in [-0.3, -0.25) is 0 Å². The minimum atomic E-state index is -7.06.